The van der Waals surface area contributed by atoms with E-state index in [-0.39, 0.29) is 17.0 Å². The number of benzene rings is 2. The molecule has 9 nitrogen and oxygen atoms in total. The Hall–Kier alpha value is -4.01. The van der Waals surface area contributed by atoms with E-state index in [4.69, 9.17) is 4.74 Å². The molecule has 0 spiro atoms. The molecule has 0 saturated heterocycles. The molecule has 0 fully saturated rings. The first kappa shape index (κ1) is 17.8. The average Bonchev–Trinajstić information content (AvgIpc) is 2.66. The molecule has 27 heavy (non-hydrogen) atoms. The van der Waals surface area contributed by atoms with Gasteiger partial charge in [-0.25, -0.2) is 4.98 Å². The summed E-state index contributed by atoms with van der Waals surface area (Å²) in [5.74, 6) is -0.593. The Bertz CT molecular complexity index is 1090. The van der Waals surface area contributed by atoms with Gasteiger partial charge in [0.1, 0.15) is 5.52 Å². The summed E-state index contributed by atoms with van der Waals surface area (Å²) in [7, 11) is 1.29. The predicted molar refractivity (Wildman–Crippen MR) is 98.6 cm³/mol. The van der Waals surface area contributed by atoms with Gasteiger partial charge in [-0.1, -0.05) is 24.3 Å². The van der Waals surface area contributed by atoms with E-state index < -0.39 is 21.3 Å². The first-order valence-electron chi connectivity index (χ1n) is 7.68. The van der Waals surface area contributed by atoms with E-state index in [2.05, 4.69) is 4.98 Å². The van der Waals surface area contributed by atoms with E-state index in [0.29, 0.717) is 16.6 Å². The lowest BCUT2D eigenvalue weighted by molar-refractivity contribution is -0.386. The number of nitro groups is 2. The van der Waals surface area contributed by atoms with E-state index in [1.165, 1.54) is 31.4 Å². The van der Waals surface area contributed by atoms with Crippen molar-refractivity contribution < 1.29 is 19.7 Å². The number of phenols is 1. The number of nitro benzene ring substituents is 2. The van der Waals surface area contributed by atoms with E-state index in [1.54, 1.807) is 30.3 Å². The smallest absolute Gasteiger partial charge is 0.315 e. The molecule has 1 aromatic heterocycles. The summed E-state index contributed by atoms with van der Waals surface area (Å²) in [4.78, 5) is 25.3. The van der Waals surface area contributed by atoms with Crippen molar-refractivity contribution in [2.24, 2.45) is 0 Å². The van der Waals surface area contributed by atoms with E-state index in [0.717, 1.165) is 0 Å². The summed E-state index contributed by atoms with van der Waals surface area (Å²) in [6, 6.07) is 10.7. The second kappa shape index (κ2) is 7.08. The molecule has 0 atom stereocenters. The quantitative estimate of drug-likeness (QED) is 0.534. The van der Waals surface area contributed by atoms with Crippen molar-refractivity contribution in [3.63, 3.8) is 0 Å². The number of fused-ring (bicyclic) bond motifs is 1. The molecule has 0 aliphatic rings. The minimum atomic E-state index is -0.715. The number of pyridine rings is 1. The molecule has 2 aromatic carbocycles. The lowest BCUT2D eigenvalue weighted by Crippen LogP contribution is -1.93. The second-order valence-electron chi connectivity index (χ2n) is 5.52. The highest BCUT2D eigenvalue weighted by Crippen LogP contribution is 2.37. The van der Waals surface area contributed by atoms with Gasteiger partial charge in [0.25, 0.3) is 5.69 Å². The number of para-hydroxylation sites is 1. The molecule has 0 bridgehead atoms. The molecule has 136 valence electrons. The van der Waals surface area contributed by atoms with Gasteiger partial charge in [0.2, 0.25) is 5.75 Å². The summed E-state index contributed by atoms with van der Waals surface area (Å²) < 4.78 is 4.95. The first-order chi connectivity index (χ1) is 12.9. The van der Waals surface area contributed by atoms with Crippen molar-refractivity contribution in [2.75, 3.05) is 7.11 Å². The number of aromatic nitrogens is 1. The van der Waals surface area contributed by atoms with Crippen molar-refractivity contribution in [3.8, 4) is 11.5 Å². The molecular formula is C18H13N3O6. The maximum Gasteiger partial charge on any atom is 0.315 e. The number of non-ortho nitro benzene ring substituents is 1. The Balaban J connectivity index is 2.03. The van der Waals surface area contributed by atoms with Gasteiger partial charge in [0.05, 0.1) is 22.7 Å². The molecule has 1 heterocycles. The Morgan fingerprint density at radius 2 is 1.78 bits per heavy atom. The number of hydrogen-bond acceptors (Lipinski definition) is 7. The molecular weight excluding hydrogens is 354 g/mol. The third kappa shape index (κ3) is 3.52. The zero-order valence-electron chi connectivity index (χ0n) is 14.0. The van der Waals surface area contributed by atoms with Crippen LogP contribution in [0.1, 0.15) is 11.3 Å². The molecule has 0 aliphatic heterocycles. The van der Waals surface area contributed by atoms with E-state index >= 15 is 0 Å². The van der Waals surface area contributed by atoms with Gasteiger partial charge in [-0.05, 0) is 23.8 Å². The van der Waals surface area contributed by atoms with Gasteiger partial charge in [-0.15, -0.1) is 0 Å². The maximum absolute atomic E-state index is 11.2. The summed E-state index contributed by atoms with van der Waals surface area (Å²) in [6.07, 6.45) is 3.10. The zero-order valence-corrected chi connectivity index (χ0v) is 14.0. The van der Waals surface area contributed by atoms with Crippen LogP contribution in [0.15, 0.2) is 42.5 Å². The fraction of sp³-hybridized carbons (Fsp3) is 0.0556. The van der Waals surface area contributed by atoms with Crippen molar-refractivity contribution in [3.05, 3.63) is 74.0 Å². The standard InChI is InChI=1S/C18H13N3O6/c1-27-16-10-11(9-15(18(16)22)21(25)26)5-7-13-8-6-12-3-2-4-14(20(23)24)17(12)19-13/h2-10,22H,1H3/b7-5+. The third-order valence-corrected chi connectivity index (χ3v) is 3.86. The van der Waals surface area contributed by atoms with Gasteiger partial charge in [0, 0.05) is 17.5 Å². The molecule has 0 amide bonds. The van der Waals surface area contributed by atoms with E-state index in [1.807, 2.05) is 0 Å². The lowest BCUT2D eigenvalue weighted by Gasteiger charge is -2.05. The minimum absolute atomic E-state index is 0.0361. The van der Waals surface area contributed by atoms with Gasteiger partial charge in [-0.3, -0.25) is 20.2 Å². The number of nitrogens with zero attached hydrogens (tertiary/aromatic N) is 3. The van der Waals surface area contributed by atoms with Gasteiger partial charge >= 0.3 is 5.69 Å². The van der Waals surface area contributed by atoms with Crippen LogP contribution in [-0.2, 0) is 0 Å². The fourth-order valence-electron chi connectivity index (χ4n) is 2.57. The molecule has 9 heteroatoms. The number of phenolic OH excluding ortho intramolecular Hbond substituents is 1. The number of hydrogen-bond donors (Lipinski definition) is 1. The Kier molecular flexibility index (Phi) is 4.67. The average molecular weight is 367 g/mol. The van der Waals surface area contributed by atoms with Crippen LogP contribution in [0.25, 0.3) is 23.1 Å². The van der Waals surface area contributed by atoms with Crippen LogP contribution in [0.3, 0.4) is 0 Å². The van der Waals surface area contributed by atoms with E-state index in [9.17, 15) is 25.3 Å². The van der Waals surface area contributed by atoms with Crippen LogP contribution in [0.5, 0.6) is 11.5 Å². The number of aromatic hydroxyl groups is 1. The van der Waals surface area contributed by atoms with Crippen molar-refractivity contribution in [2.45, 2.75) is 0 Å². The molecule has 0 aliphatic carbocycles. The second-order valence-corrected chi connectivity index (χ2v) is 5.52. The highest BCUT2D eigenvalue weighted by Gasteiger charge is 2.19. The van der Waals surface area contributed by atoms with Crippen LogP contribution in [0, 0.1) is 20.2 Å². The third-order valence-electron chi connectivity index (χ3n) is 3.86. The van der Waals surface area contributed by atoms with Crippen molar-refractivity contribution in [1.29, 1.82) is 0 Å². The van der Waals surface area contributed by atoms with Crippen molar-refractivity contribution >= 4 is 34.4 Å². The SMILES string of the molecule is COc1cc(/C=C/c2ccc3cccc([N+](=O)[O-])c3n2)cc([N+](=O)[O-])c1O. The monoisotopic (exact) mass is 367 g/mol. The predicted octanol–water partition coefficient (Wildman–Crippen LogP) is 3.94. The molecule has 3 rings (SSSR count). The van der Waals surface area contributed by atoms with Crippen LogP contribution >= 0.6 is 0 Å². The van der Waals surface area contributed by atoms with Gasteiger partial charge in [-0.2, -0.15) is 0 Å². The largest absolute Gasteiger partial charge is 0.500 e. The van der Waals surface area contributed by atoms with Gasteiger partial charge < -0.3 is 9.84 Å². The Morgan fingerprint density at radius 3 is 2.44 bits per heavy atom. The Morgan fingerprint density at radius 1 is 1.04 bits per heavy atom. The van der Waals surface area contributed by atoms with Crippen LogP contribution in [-0.4, -0.2) is 27.0 Å². The highest BCUT2D eigenvalue weighted by molar-refractivity contribution is 5.88. The summed E-state index contributed by atoms with van der Waals surface area (Å²) in [5.41, 5.74) is 0.493. The van der Waals surface area contributed by atoms with Crippen molar-refractivity contribution in [1.82, 2.24) is 4.98 Å². The highest BCUT2D eigenvalue weighted by atomic mass is 16.6. The zero-order chi connectivity index (χ0) is 19.6. The topological polar surface area (TPSA) is 129 Å². The van der Waals surface area contributed by atoms with Crippen LogP contribution < -0.4 is 4.74 Å². The summed E-state index contributed by atoms with van der Waals surface area (Å²) in [6.45, 7) is 0. The number of methoxy groups -OCH3 is 1. The van der Waals surface area contributed by atoms with Crippen LogP contribution in [0.2, 0.25) is 0 Å². The molecule has 0 unspecified atom stereocenters. The lowest BCUT2D eigenvalue weighted by atomic mass is 10.1. The normalized spacial score (nSPS) is 11.0. The number of ether oxygens (including phenoxy) is 1. The van der Waals surface area contributed by atoms with Gasteiger partial charge in [0.15, 0.2) is 5.75 Å². The molecule has 0 radical (unpaired) electrons. The molecule has 3 aromatic rings. The minimum Gasteiger partial charge on any atom is -0.500 e. The fourth-order valence-corrected chi connectivity index (χ4v) is 2.57. The first-order valence-corrected chi connectivity index (χ1v) is 7.68. The summed E-state index contributed by atoms with van der Waals surface area (Å²) in [5, 5.41) is 32.6. The molecule has 1 N–H and O–H groups in total. The van der Waals surface area contributed by atoms with Crippen LogP contribution in [0.4, 0.5) is 11.4 Å². The maximum atomic E-state index is 11.2. The summed E-state index contributed by atoms with van der Waals surface area (Å²) >= 11 is 0. The Labute approximate surface area is 152 Å². The number of rotatable bonds is 5. The molecule has 0 saturated carbocycles.